The summed E-state index contributed by atoms with van der Waals surface area (Å²) >= 11 is 0. The van der Waals surface area contributed by atoms with E-state index >= 15 is 0 Å². The molecule has 176 valence electrons. The van der Waals surface area contributed by atoms with Gasteiger partial charge in [-0.3, -0.25) is 9.55 Å². The van der Waals surface area contributed by atoms with Gasteiger partial charge in [0.05, 0.1) is 46.1 Å². The van der Waals surface area contributed by atoms with Crippen molar-refractivity contribution in [2.24, 2.45) is 0 Å². The highest BCUT2D eigenvalue weighted by Crippen LogP contribution is 2.45. The number of benzene rings is 5. The lowest BCUT2D eigenvalue weighted by molar-refractivity contribution is 0.939. The van der Waals surface area contributed by atoms with Gasteiger partial charge in [-0.25, -0.2) is 4.98 Å². The van der Waals surface area contributed by atoms with E-state index in [1.54, 1.807) is 6.20 Å². The fourth-order valence-corrected chi connectivity index (χ4v) is 5.65. The monoisotopic (exact) mass is 491 g/mol. The first-order valence-electron chi connectivity index (χ1n) is 12.8. The molecule has 5 aromatic carbocycles. The van der Waals surface area contributed by atoms with E-state index in [-0.39, 0.29) is 0 Å². The number of rotatable bonds is 4. The topological polar surface area (TPSA) is 30.7 Å². The zero-order chi connectivity index (χ0) is 26.6. The summed E-state index contributed by atoms with van der Waals surface area (Å²) in [5, 5.41) is 2.64. The summed E-state index contributed by atoms with van der Waals surface area (Å²) in [5.74, 6) is 0.391. The van der Waals surface area contributed by atoms with E-state index in [1.807, 2.05) is 41.1 Å². The second-order valence-electron chi connectivity index (χ2n) is 9.79. The molecule has 0 unspecified atom stereocenters. The van der Waals surface area contributed by atoms with Crippen LogP contribution in [0, 0.1) is 0 Å². The van der Waals surface area contributed by atoms with Crippen molar-refractivity contribution < 1.29 is 0 Å². The fraction of sp³-hybridized carbons (Fsp3) is 0.0303. The summed E-state index contributed by atoms with van der Waals surface area (Å²) in [6.07, 6.45) is 3.70. The minimum Gasteiger partial charge on any atom is -0.296 e. The van der Waals surface area contributed by atoms with Crippen LogP contribution in [-0.4, -0.2) is 38.1 Å². The second-order valence-corrected chi connectivity index (χ2v) is 9.79. The molecule has 7 aromatic rings. The molecule has 6 radical (unpaired) electrons. The first kappa shape index (κ1) is 23.5. The smallest absolute Gasteiger partial charge is 0.0951 e. The molecule has 7 rings (SSSR count). The highest BCUT2D eigenvalue weighted by molar-refractivity contribution is 6.58. The quantitative estimate of drug-likeness (QED) is 0.203. The van der Waals surface area contributed by atoms with Gasteiger partial charge in [0.15, 0.2) is 0 Å². The zero-order valence-electron chi connectivity index (χ0n) is 21.1. The van der Waals surface area contributed by atoms with Gasteiger partial charge in [0.1, 0.15) is 0 Å². The molecule has 0 saturated carbocycles. The Morgan fingerprint density at radius 3 is 1.82 bits per heavy atom. The van der Waals surface area contributed by atoms with Crippen LogP contribution in [0.15, 0.2) is 122 Å². The highest BCUT2D eigenvalue weighted by atomic mass is 15.1. The molecule has 0 N–H and O–H groups in total. The zero-order valence-corrected chi connectivity index (χ0v) is 21.1. The molecule has 0 bridgehead atoms. The van der Waals surface area contributed by atoms with Gasteiger partial charge < -0.3 is 0 Å². The predicted octanol–water partition coefficient (Wildman–Crippen LogP) is 6.68. The third-order valence-electron chi connectivity index (χ3n) is 7.24. The van der Waals surface area contributed by atoms with Crippen LogP contribution in [0.25, 0.3) is 60.5 Å². The van der Waals surface area contributed by atoms with Gasteiger partial charge in [-0.1, -0.05) is 96.1 Å². The minimum absolute atomic E-state index is 0.391. The van der Waals surface area contributed by atoms with Gasteiger partial charge in [-0.2, -0.15) is 0 Å². The summed E-state index contributed by atoms with van der Waals surface area (Å²) in [4.78, 5) is 9.17. The van der Waals surface area contributed by atoms with Gasteiger partial charge in [0, 0.05) is 28.7 Å². The molecular weight excluding hydrogens is 471 g/mol. The number of hydrogen-bond acceptors (Lipinski definition) is 2. The Labute approximate surface area is 230 Å². The van der Waals surface area contributed by atoms with E-state index < -0.39 is 5.11 Å². The van der Waals surface area contributed by atoms with E-state index in [1.165, 1.54) is 0 Å². The summed E-state index contributed by atoms with van der Waals surface area (Å²) < 4.78 is 2.02. The van der Waals surface area contributed by atoms with E-state index in [4.69, 9.17) is 28.5 Å². The highest BCUT2D eigenvalue weighted by Gasteiger charge is 2.26. The largest absolute Gasteiger partial charge is 0.296 e. The maximum absolute atomic E-state index is 6.32. The van der Waals surface area contributed by atoms with Crippen molar-refractivity contribution in [2.45, 2.75) is 5.11 Å². The van der Waals surface area contributed by atoms with Crippen LogP contribution in [0.5, 0.6) is 0 Å². The average molecular weight is 491 g/mol. The van der Waals surface area contributed by atoms with Crippen molar-refractivity contribution in [3.63, 3.8) is 0 Å². The lowest BCUT2D eigenvalue weighted by Gasteiger charge is -2.25. The van der Waals surface area contributed by atoms with Crippen LogP contribution in [0.3, 0.4) is 0 Å². The second kappa shape index (κ2) is 9.02. The molecule has 0 aliphatic rings. The van der Waals surface area contributed by atoms with Crippen LogP contribution < -0.4 is 0 Å². The molecular formula is C33H20B3N3. The normalized spacial score (nSPS) is 11.9. The van der Waals surface area contributed by atoms with Crippen molar-refractivity contribution in [3.05, 3.63) is 127 Å². The number of hydrogen-bond donors (Lipinski definition) is 0. The van der Waals surface area contributed by atoms with Gasteiger partial charge in [0.25, 0.3) is 0 Å². The van der Waals surface area contributed by atoms with E-state index in [2.05, 4.69) is 83.8 Å². The van der Waals surface area contributed by atoms with Crippen LogP contribution >= 0.6 is 0 Å². The first-order chi connectivity index (χ1) is 19.0. The summed E-state index contributed by atoms with van der Waals surface area (Å²) in [6, 6.07) is 37.3. The third-order valence-corrected chi connectivity index (χ3v) is 7.24. The Morgan fingerprint density at radius 2 is 1.18 bits per heavy atom. The Morgan fingerprint density at radius 1 is 0.590 bits per heavy atom. The van der Waals surface area contributed by atoms with Crippen LogP contribution in [0.1, 0.15) is 5.82 Å². The van der Waals surface area contributed by atoms with Crippen molar-refractivity contribution in [1.29, 1.82) is 0 Å². The van der Waals surface area contributed by atoms with Gasteiger partial charge in [-0.05, 0) is 45.7 Å². The molecule has 0 spiro atoms. The van der Waals surface area contributed by atoms with E-state index in [0.29, 0.717) is 5.82 Å². The van der Waals surface area contributed by atoms with Crippen LogP contribution in [-0.2, 0) is 5.11 Å². The number of aromatic nitrogens is 3. The van der Waals surface area contributed by atoms with Gasteiger partial charge in [-0.15, -0.1) is 0 Å². The summed E-state index contributed by atoms with van der Waals surface area (Å²) in [6.45, 7) is 0. The Kier molecular flexibility index (Phi) is 5.45. The van der Waals surface area contributed by atoms with Crippen molar-refractivity contribution in [1.82, 2.24) is 14.5 Å². The Bertz CT molecular complexity index is 1950. The Balaban J connectivity index is 1.67. The molecule has 2 aromatic heterocycles. The standard InChI is InChI=1S/C33H20B3N3/c34-33(35,36)32-38-28-17-7-8-18-29(28)39(32)31-26-15-5-3-13-24(26)30(25-14-4-6-16-27(25)31)23-12-2-1-11-22(23)21-10-9-19-37-20-21/h1-20H. The molecule has 0 saturated heterocycles. The minimum atomic E-state index is -1.65. The number of para-hydroxylation sites is 2. The first-order valence-corrected chi connectivity index (χ1v) is 12.8. The third kappa shape index (κ3) is 3.78. The van der Waals surface area contributed by atoms with Crippen LogP contribution in [0.2, 0.25) is 0 Å². The van der Waals surface area contributed by atoms with Crippen molar-refractivity contribution in [3.8, 4) is 27.9 Å². The number of pyridine rings is 1. The molecule has 6 heteroatoms. The molecule has 39 heavy (non-hydrogen) atoms. The number of nitrogens with zero attached hydrogens (tertiary/aromatic N) is 3. The van der Waals surface area contributed by atoms with Crippen molar-refractivity contribution in [2.75, 3.05) is 0 Å². The molecule has 2 heterocycles. The lowest BCUT2D eigenvalue weighted by atomic mass is 9.42. The summed E-state index contributed by atoms with van der Waals surface area (Å²) in [5.41, 5.74) is 7.06. The average Bonchev–Trinajstić information content (AvgIpc) is 3.36. The van der Waals surface area contributed by atoms with E-state index in [0.717, 1.165) is 60.5 Å². The molecule has 0 atom stereocenters. The maximum Gasteiger partial charge on any atom is 0.0951 e. The molecule has 3 nitrogen and oxygen atoms in total. The molecule has 0 aliphatic heterocycles. The molecule has 0 fully saturated rings. The van der Waals surface area contributed by atoms with Gasteiger partial charge >= 0.3 is 0 Å². The predicted molar refractivity (Wildman–Crippen MR) is 164 cm³/mol. The van der Waals surface area contributed by atoms with Crippen LogP contribution in [0.4, 0.5) is 0 Å². The lowest BCUT2D eigenvalue weighted by Crippen LogP contribution is -2.31. The molecule has 0 amide bonds. The SMILES string of the molecule is [B]C([B])([B])c1nc2ccccc2n1-c1c2ccccc2c(-c2ccccc2-c2cccnc2)c2ccccc12. The molecule has 0 aliphatic carbocycles. The number of imidazole rings is 1. The fourth-order valence-electron chi connectivity index (χ4n) is 5.65. The number of fused-ring (bicyclic) bond motifs is 3. The Hall–Kier alpha value is -4.57. The summed E-state index contributed by atoms with van der Waals surface area (Å²) in [7, 11) is 19.0. The van der Waals surface area contributed by atoms with Crippen molar-refractivity contribution >= 4 is 56.1 Å². The van der Waals surface area contributed by atoms with Gasteiger partial charge in [0.2, 0.25) is 0 Å². The van der Waals surface area contributed by atoms with E-state index in [9.17, 15) is 0 Å². The maximum atomic E-state index is 6.32.